The predicted octanol–water partition coefficient (Wildman–Crippen LogP) is 2.80. The van der Waals surface area contributed by atoms with Gasteiger partial charge in [0.1, 0.15) is 12.4 Å². The van der Waals surface area contributed by atoms with E-state index in [4.69, 9.17) is 4.74 Å². The molecule has 0 heterocycles. The minimum absolute atomic E-state index is 0.0148. The number of benzene rings is 2. The summed E-state index contributed by atoms with van der Waals surface area (Å²) in [6.07, 6.45) is 0. The maximum Gasteiger partial charge on any atom is 0.215 e. The predicted molar refractivity (Wildman–Crippen MR) is 88.5 cm³/mol. The lowest BCUT2D eigenvalue weighted by molar-refractivity contribution is 0.320. The van der Waals surface area contributed by atoms with Crippen molar-refractivity contribution in [3.63, 3.8) is 0 Å². The van der Waals surface area contributed by atoms with E-state index in [9.17, 15) is 8.42 Å². The second-order valence-electron chi connectivity index (χ2n) is 5.26. The topological polar surface area (TPSA) is 55.4 Å². The molecular formula is C17H21NO3S. The summed E-state index contributed by atoms with van der Waals surface area (Å²) in [6.45, 7) is 4.46. The van der Waals surface area contributed by atoms with E-state index in [0.717, 1.165) is 22.4 Å². The Bertz CT molecular complexity index is 726. The first-order chi connectivity index (χ1) is 10.5. The van der Waals surface area contributed by atoms with Crippen LogP contribution in [0.1, 0.15) is 16.7 Å². The number of sulfonamides is 1. The minimum Gasteiger partial charge on any atom is -0.492 e. The molecule has 0 aliphatic carbocycles. The Balaban J connectivity index is 1.82. The van der Waals surface area contributed by atoms with E-state index in [0.29, 0.717) is 6.61 Å². The number of rotatable bonds is 7. The number of nitrogens with one attached hydrogen (secondary N) is 1. The summed E-state index contributed by atoms with van der Waals surface area (Å²) in [5, 5.41) is 0. The van der Waals surface area contributed by atoms with Crippen LogP contribution in [0.2, 0.25) is 0 Å². The molecule has 0 spiro atoms. The van der Waals surface area contributed by atoms with Crippen LogP contribution in [0, 0.1) is 13.8 Å². The van der Waals surface area contributed by atoms with Crippen LogP contribution in [-0.2, 0) is 15.8 Å². The van der Waals surface area contributed by atoms with Crippen molar-refractivity contribution in [2.24, 2.45) is 0 Å². The van der Waals surface area contributed by atoms with Crippen LogP contribution in [0.25, 0.3) is 0 Å². The van der Waals surface area contributed by atoms with Gasteiger partial charge in [-0.2, -0.15) is 0 Å². The summed E-state index contributed by atoms with van der Waals surface area (Å²) in [6, 6.07) is 15.2. The zero-order chi connectivity index (χ0) is 16.0. The van der Waals surface area contributed by atoms with Crippen LogP contribution in [0.4, 0.5) is 0 Å². The standard InChI is InChI=1S/C17H21NO3S/c1-14-6-5-8-16(12-14)13-22(19,20)18-10-11-21-17-9-4-3-7-15(17)2/h3-9,12,18H,10-11,13H2,1-2H3. The maximum absolute atomic E-state index is 12.0. The average molecular weight is 319 g/mol. The minimum atomic E-state index is -3.35. The van der Waals surface area contributed by atoms with Crippen molar-refractivity contribution in [3.8, 4) is 5.75 Å². The van der Waals surface area contributed by atoms with Gasteiger partial charge >= 0.3 is 0 Å². The molecule has 0 aliphatic rings. The molecule has 2 rings (SSSR count). The molecule has 0 saturated carbocycles. The Morgan fingerprint density at radius 2 is 1.82 bits per heavy atom. The van der Waals surface area contributed by atoms with Crippen LogP contribution < -0.4 is 9.46 Å². The molecule has 0 atom stereocenters. The Morgan fingerprint density at radius 1 is 1.05 bits per heavy atom. The Kier molecular flexibility index (Phi) is 5.57. The zero-order valence-corrected chi connectivity index (χ0v) is 13.7. The maximum atomic E-state index is 12.0. The quantitative estimate of drug-likeness (QED) is 0.799. The van der Waals surface area contributed by atoms with Crippen molar-refractivity contribution in [1.82, 2.24) is 4.72 Å². The van der Waals surface area contributed by atoms with Crippen molar-refractivity contribution in [2.75, 3.05) is 13.2 Å². The summed E-state index contributed by atoms with van der Waals surface area (Å²) >= 11 is 0. The van der Waals surface area contributed by atoms with E-state index in [1.54, 1.807) is 0 Å². The summed E-state index contributed by atoms with van der Waals surface area (Å²) in [5.74, 6) is 0.763. The third-order valence-corrected chi connectivity index (χ3v) is 4.57. The normalized spacial score (nSPS) is 11.4. The molecule has 0 amide bonds. The lowest BCUT2D eigenvalue weighted by Crippen LogP contribution is -2.29. The highest BCUT2D eigenvalue weighted by molar-refractivity contribution is 7.88. The van der Waals surface area contributed by atoms with Gasteiger partial charge in [0.2, 0.25) is 10.0 Å². The van der Waals surface area contributed by atoms with E-state index < -0.39 is 10.0 Å². The number of para-hydroxylation sites is 1. The molecule has 2 aromatic carbocycles. The fourth-order valence-corrected chi connectivity index (χ4v) is 3.26. The molecule has 0 unspecified atom stereocenters. The lowest BCUT2D eigenvalue weighted by atomic mass is 10.2. The highest BCUT2D eigenvalue weighted by Gasteiger charge is 2.11. The summed E-state index contributed by atoms with van der Waals surface area (Å²) in [4.78, 5) is 0. The fraction of sp³-hybridized carbons (Fsp3) is 0.294. The first-order valence-corrected chi connectivity index (χ1v) is 8.83. The molecular weight excluding hydrogens is 298 g/mol. The summed E-state index contributed by atoms with van der Waals surface area (Å²) in [5.41, 5.74) is 2.87. The molecule has 118 valence electrons. The molecule has 22 heavy (non-hydrogen) atoms. The van der Waals surface area contributed by atoms with Gasteiger partial charge in [-0.3, -0.25) is 0 Å². The Hall–Kier alpha value is -1.85. The van der Waals surface area contributed by atoms with Crippen LogP contribution in [0.3, 0.4) is 0 Å². The monoisotopic (exact) mass is 319 g/mol. The Labute approximate surface area is 132 Å². The summed E-state index contributed by atoms with van der Waals surface area (Å²) in [7, 11) is -3.35. The highest BCUT2D eigenvalue weighted by Crippen LogP contribution is 2.15. The van der Waals surface area contributed by atoms with Crippen LogP contribution >= 0.6 is 0 Å². The second-order valence-corrected chi connectivity index (χ2v) is 7.06. The third kappa shape index (κ3) is 5.16. The largest absolute Gasteiger partial charge is 0.492 e. The average Bonchev–Trinajstić information content (AvgIpc) is 2.45. The number of hydrogen-bond acceptors (Lipinski definition) is 3. The molecule has 0 aromatic heterocycles. The van der Waals surface area contributed by atoms with Gasteiger partial charge in [-0.05, 0) is 31.0 Å². The van der Waals surface area contributed by atoms with Crippen molar-refractivity contribution in [2.45, 2.75) is 19.6 Å². The molecule has 0 fully saturated rings. The fourth-order valence-electron chi connectivity index (χ4n) is 2.15. The van der Waals surface area contributed by atoms with Gasteiger partial charge in [0, 0.05) is 6.54 Å². The Morgan fingerprint density at radius 3 is 2.55 bits per heavy atom. The molecule has 0 bridgehead atoms. The van der Waals surface area contributed by atoms with Crippen molar-refractivity contribution in [3.05, 3.63) is 65.2 Å². The van der Waals surface area contributed by atoms with E-state index >= 15 is 0 Å². The molecule has 0 radical (unpaired) electrons. The number of ether oxygens (including phenoxy) is 1. The molecule has 1 N–H and O–H groups in total. The van der Waals surface area contributed by atoms with Crippen molar-refractivity contribution >= 4 is 10.0 Å². The van der Waals surface area contributed by atoms with Crippen LogP contribution in [0.15, 0.2) is 48.5 Å². The van der Waals surface area contributed by atoms with Crippen LogP contribution in [-0.4, -0.2) is 21.6 Å². The highest BCUT2D eigenvalue weighted by atomic mass is 32.2. The van der Waals surface area contributed by atoms with E-state index in [2.05, 4.69) is 4.72 Å². The van der Waals surface area contributed by atoms with Gasteiger partial charge in [-0.25, -0.2) is 13.1 Å². The SMILES string of the molecule is Cc1cccc(CS(=O)(=O)NCCOc2ccccc2C)c1. The lowest BCUT2D eigenvalue weighted by Gasteiger charge is -2.10. The van der Waals surface area contributed by atoms with Gasteiger partial charge < -0.3 is 4.74 Å². The first-order valence-electron chi connectivity index (χ1n) is 7.17. The van der Waals surface area contributed by atoms with Gasteiger partial charge in [0.05, 0.1) is 5.75 Å². The van der Waals surface area contributed by atoms with Crippen molar-refractivity contribution < 1.29 is 13.2 Å². The third-order valence-electron chi connectivity index (χ3n) is 3.21. The molecule has 0 aliphatic heterocycles. The van der Waals surface area contributed by atoms with E-state index in [1.807, 2.05) is 62.4 Å². The van der Waals surface area contributed by atoms with Gasteiger partial charge in [0.15, 0.2) is 0 Å². The van der Waals surface area contributed by atoms with Gasteiger partial charge in [-0.15, -0.1) is 0 Å². The molecule has 5 heteroatoms. The van der Waals surface area contributed by atoms with Gasteiger partial charge in [0.25, 0.3) is 0 Å². The van der Waals surface area contributed by atoms with Gasteiger partial charge in [-0.1, -0.05) is 48.0 Å². The molecule has 2 aromatic rings. The first kappa shape index (κ1) is 16.5. The van der Waals surface area contributed by atoms with Crippen molar-refractivity contribution in [1.29, 1.82) is 0 Å². The molecule has 0 saturated heterocycles. The van der Waals surface area contributed by atoms with E-state index in [1.165, 1.54) is 0 Å². The molecule has 4 nitrogen and oxygen atoms in total. The number of aryl methyl sites for hydroxylation is 2. The van der Waals surface area contributed by atoms with E-state index in [-0.39, 0.29) is 12.3 Å². The zero-order valence-electron chi connectivity index (χ0n) is 12.9. The smallest absolute Gasteiger partial charge is 0.215 e. The second kappa shape index (κ2) is 7.42. The van der Waals surface area contributed by atoms with Crippen LogP contribution in [0.5, 0.6) is 5.75 Å². The number of hydrogen-bond donors (Lipinski definition) is 1. The summed E-state index contributed by atoms with van der Waals surface area (Å²) < 4.78 is 32.2.